The number of phenolic OH excluding ortho intramolecular Hbond substituents is 1. The Morgan fingerprint density at radius 3 is 1.60 bits per heavy atom. The molecule has 0 heterocycles. The summed E-state index contributed by atoms with van der Waals surface area (Å²) >= 11 is 12.2. The number of nitrogens with one attached hydrogen (secondary N) is 1. The number of carbonyl (C=O) groups is 1. The number of ether oxygens (including phenoxy) is 2. The predicted octanol–water partition coefficient (Wildman–Crippen LogP) is 11.5. The van der Waals surface area contributed by atoms with Crippen LogP contribution in [0.25, 0.3) is 21.5 Å². The second kappa shape index (κ2) is 25.0. The van der Waals surface area contributed by atoms with E-state index in [0.29, 0.717) is 38.7 Å². The van der Waals surface area contributed by atoms with Gasteiger partial charge in [0.2, 0.25) is 0 Å². The standard InChI is InChI=1S/2C26H22ClN3O6S.Ba/c2*1-3-15-12-17(14-20(27)25(15)37(33,34)35)29-30-23-18-9-5-4-8-16(18)13-19(24(23)31)26(32)28-21-10-6-7-11-22(21)36-2;/h2*4-14,31H,3H2,1-2H3,(H,28,32)(H,33,34,35);/q;;+2/p-2. The molecule has 0 radical (unpaired) electrons. The maximum atomic E-state index is 13.4. The van der Waals surface area contributed by atoms with Crippen molar-refractivity contribution in [3.63, 3.8) is 0 Å². The number of hydrogen-bond donors (Lipinski definition) is 4. The van der Waals surface area contributed by atoms with Crippen LogP contribution in [0.1, 0.15) is 40.9 Å². The summed E-state index contributed by atoms with van der Waals surface area (Å²) < 4.78 is 76.4. The van der Waals surface area contributed by atoms with Crippen LogP contribution in [0.5, 0.6) is 23.0 Å². The van der Waals surface area contributed by atoms with Crippen LogP contribution < -0.4 is 25.0 Å². The molecule has 0 atom stereocenters. The second-order valence-corrected chi connectivity index (χ2v) is 19.3. The van der Waals surface area contributed by atoms with Gasteiger partial charge < -0.3 is 30.1 Å². The Balaban J connectivity index is 0.000000241. The Morgan fingerprint density at radius 2 is 1.08 bits per heavy atom. The van der Waals surface area contributed by atoms with Crippen LogP contribution >= 0.6 is 23.2 Å². The molecule has 0 aliphatic heterocycles. The van der Waals surface area contributed by atoms with Gasteiger partial charge in [0.05, 0.1) is 52.6 Å². The van der Waals surface area contributed by atoms with Crippen molar-refractivity contribution in [3.8, 4) is 23.0 Å². The van der Waals surface area contributed by atoms with Crippen LogP contribution in [0.3, 0.4) is 0 Å². The number of amides is 1. The molecular weight excluding hydrogens is 1170 g/mol. The molecule has 4 N–H and O–H groups in total. The van der Waals surface area contributed by atoms with E-state index in [4.69, 9.17) is 32.7 Å². The number of azo groups is 2. The Hall–Kier alpha value is -6.41. The molecule has 0 unspecified atom stereocenters. The number of hydrogen-bond acceptors (Lipinski definition) is 15. The fraction of sp³-hybridized carbons (Fsp3) is 0.115. The number of fused-ring (bicyclic) bond motifs is 2. The molecule has 1 amide bonds. The molecule has 8 aromatic rings. The third-order valence-corrected chi connectivity index (χ3v) is 13.9. The summed E-state index contributed by atoms with van der Waals surface area (Å²) in [5.41, 5.74) is 1.24. The first-order valence-electron chi connectivity index (χ1n) is 22.0. The summed E-state index contributed by atoms with van der Waals surface area (Å²) in [6, 6.07) is 35.7. The zero-order chi connectivity index (χ0) is 53.5. The first kappa shape index (κ1) is 57.9. The van der Waals surface area contributed by atoms with Gasteiger partial charge in [-0.05, 0) is 107 Å². The van der Waals surface area contributed by atoms with Crippen LogP contribution in [0.2, 0.25) is 10.0 Å². The van der Waals surface area contributed by atoms with E-state index in [1.165, 1.54) is 44.6 Å². The quantitative estimate of drug-likeness (QED) is 0.0260. The van der Waals surface area contributed by atoms with Crippen molar-refractivity contribution in [2.75, 3.05) is 19.5 Å². The first-order chi connectivity index (χ1) is 35.3. The van der Waals surface area contributed by atoms with Crippen molar-refractivity contribution in [2.24, 2.45) is 25.4 Å². The van der Waals surface area contributed by atoms with E-state index in [2.05, 4.69) is 30.8 Å². The average Bonchev–Trinajstić information content (AvgIpc) is 3.37. The van der Waals surface area contributed by atoms with Crippen molar-refractivity contribution in [3.05, 3.63) is 166 Å². The second-order valence-electron chi connectivity index (χ2n) is 15.8. The molecule has 0 aliphatic rings. The summed E-state index contributed by atoms with van der Waals surface area (Å²) in [4.78, 5) is 16.4. The third kappa shape index (κ3) is 13.3. The molecule has 18 nitrogen and oxygen atoms in total. The summed E-state index contributed by atoms with van der Waals surface area (Å²) in [5, 5.41) is 58.5. The van der Waals surface area contributed by atoms with Crippen molar-refractivity contribution in [1.82, 2.24) is 0 Å². The van der Waals surface area contributed by atoms with Gasteiger partial charge in [-0.25, -0.2) is 0 Å². The monoisotopic (exact) mass is 1210 g/mol. The number of carbonyl (C=O) groups excluding carboxylic acids is 1. The number of nitrogens with zero attached hydrogens (tertiary/aromatic N) is 5. The minimum atomic E-state index is -4.55. The molecule has 0 fully saturated rings. The average molecular weight is 1220 g/mol. The number of anilines is 1. The number of halogens is 2. The predicted molar refractivity (Wildman–Crippen MR) is 285 cm³/mol. The first-order valence-corrected chi connectivity index (χ1v) is 25.7. The summed E-state index contributed by atoms with van der Waals surface area (Å²) in [6.45, 7) is 3.38. The Bertz CT molecular complexity index is 3830. The van der Waals surface area contributed by atoms with Crippen molar-refractivity contribution in [1.29, 1.82) is 0 Å². The maximum absolute atomic E-state index is 13.4. The van der Waals surface area contributed by atoms with Crippen LogP contribution in [0, 0.1) is 0 Å². The summed E-state index contributed by atoms with van der Waals surface area (Å²) in [7, 11) is -6.16. The van der Waals surface area contributed by atoms with Crippen LogP contribution in [0.4, 0.5) is 34.1 Å². The molecule has 380 valence electrons. The van der Waals surface area contributed by atoms with Gasteiger partial charge in [0, 0.05) is 10.8 Å². The number of phenols is 1. The number of rotatable bonds is 14. The molecular formula is C52H42BaCl2N6O12S2. The molecule has 0 saturated heterocycles. The molecule has 0 spiro atoms. The smallest absolute Gasteiger partial charge is 0.871 e. The maximum Gasteiger partial charge on any atom is 2.00 e. The van der Waals surface area contributed by atoms with E-state index in [1.807, 2.05) is 0 Å². The number of aryl methyl sites for hydroxylation is 2. The molecule has 0 aromatic heterocycles. The van der Waals surface area contributed by atoms with Gasteiger partial charge in [-0.1, -0.05) is 116 Å². The minimum Gasteiger partial charge on any atom is -0.871 e. The normalized spacial score (nSPS) is 11.9. The van der Waals surface area contributed by atoms with E-state index in [1.54, 1.807) is 117 Å². The van der Waals surface area contributed by atoms with E-state index < -0.39 is 48.4 Å². The number of aromatic hydroxyl groups is 1. The Kier molecular flexibility index (Phi) is 19.3. The zero-order valence-corrected chi connectivity index (χ0v) is 47.7. The van der Waals surface area contributed by atoms with Crippen LogP contribution in [0.15, 0.2) is 169 Å². The number of para-hydroxylation sites is 4. The largest absolute Gasteiger partial charge is 2.00 e. The number of methoxy groups -OCH3 is 2. The van der Waals surface area contributed by atoms with Crippen molar-refractivity contribution in [2.45, 2.75) is 36.5 Å². The van der Waals surface area contributed by atoms with E-state index >= 15 is 0 Å². The van der Waals surface area contributed by atoms with Crippen LogP contribution in [-0.2, 0) is 33.1 Å². The minimum absolute atomic E-state index is 0. The van der Waals surface area contributed by atoms with E-state index in [9.17, 15) is 46.1 Å². The van der Waals surface area contributed by atoms with Gasteiger partial charge in [0.1, 0.15) is 32.7 Å². The molecule has 0 saturated carbocycles. The fourth-order valence-electron chi connectivity index (χ4n) is 7.69. The fourth-order valence-corrected chi connectivity index (χ4v) is 10.4. The van der Waals surface area contributed by atoms with E-state index in [-0.39, 0.29) is 127 Å². The molecule has 0 bridgehead atoms. The number of aliphatic imine (C=N–C) groups is 1. The topological polar surface area (TPSA) is 284 Å². The van der Waals surface area contributed by atoms with Crippen molar-refractivity contribution >= 4 is 160 Å². The SMILES string of the molecule is CCc1cc(N=Nc2c(O)c(C(=O)Nc3ccccc3OC)cc3ccccc23)cc(Cl)c1S(=O)(=O)O.CCc1cc(N=Nc2c([O-])c(C([O-])=Nc3ccccc3OC)cc3ccccc23)cc(Cl)c1S(=O)(=O)O.[Ba+2]. The van der Waals surface area contributed by atoms with Gasteiger partial charge in [0.25, 0.3) is 26.1 Å². The third-order valence-electron chi connectivity index (χ3n) is 11.1. The number of benzene rings is 8. The van der Waals surface area contributed by atoms with Gasteiger partial charge in [-0.3, -0.25) is 18.9 Å². The summed E-state index contributed by atoms with van der Waals surface area (Å²) in [6.07, 6.45) is 0.493. The molecule has 23 heteroatoms. The molecule has 75 heavy (non-hydrogen) atoms. The van der Waals surface area contributed by atoms with Gasteiger partial charge in [-0.2, -0.15) is 32.2 Å². The summed E-state index contributed by atoms with van der Waals surface area (Å²) in [5.74, 6) is -1.61. The van der Waals surface area contributed by atoms with Gasteiger partial charge in [0.15, 0.2) is 5.75 Å². The molecule has 0 aliphatic carbocycles. The zero-order valence-electron chi connectivity index (χ0n) is 40.1. The molecule has 8 aromatic carbocycles. The van der Waals surface area contributed by atoms with Gasteiger partial charge in [-0.15, -0.1) is 5.11 Å². The van der Waals surface area contributed by atoms with E-state index in [0.717, 1.165) is 0 Å². The van der Waals surface area contributed by atoms with Crippen LogP contribution in [-0.4, -0.2) is 106 Å². The van der Waals surface area contributed by atoms with Gasteiger partial charge >= 0.3 is 48.9 Å². The van der Waals surface area contributed by atoms with Crippen molar-refractivity contribution < 1.29 is 55.5 Å². The molecule has 8 rings (SSSR count). The Morgan fingerprint density at radius 1 is 0.627 bits per heavy atom. The Labute approximate surface area is 481 Å².